The summed E-state index contributed by atoms with van der Waals surface area (Å²) < 4.78 is 11.9. The molecule has 1 aromatic carbocycles. The van der Waals surface area contributed by atoms with Crippen LogP contribution in [0.5, 0.6) is 5.75 Å². The van der Waals surface area contributed by atoms with Gasteiger partial charge in [-0.3, -0.25) is 0 Å². The van der Waals surface area contributed by atoms with Crippen molar-refractivity contribution in [3.05, 3.63) is 29.3 Å². The summed E-state index contributed by atoms with van der Waals surface area (Å²) in [6.07, 6.45) is 0. The summed E-state index contributed by atoms with van der Waals surface area (Å²) in [7, 11) is 0. The molecular weight excluding hydrogens is 289 g/mol. The summed E-state index contributed by atoms with van der Waals surface area (Å²) in [5.41, 5.74) is 2.35. The van der Waals surface area contributed by atoms with Crippen LogP contribution in [0.25, 0.3) is 0 Å². The maximum atomic E-state index is 6.11. The predicted molar refractivity (Wildman–Crippen MR) is 87.9 cm³/mol. The van der Waals surface area contributed by atoms with E-state index in [-0.39, 0.29) is 6.04 Å². The highest BCUT2D eigenvalue weighted by Crippen LogP contribution is 2.51. The summed E-state index contributed by atoms with van der Waals surface area (Å²) in [5, 5.41) is 3.38. The molecule has 20 heavy (non-hydrogen) atoms. The van der Waals surface area contributed by atoms with E-state index in [9.17, 15) is 0 Å². The van der Waals surface area contributed by atoms with Gasteiger partial charge < -0.3 is 9.05 Å². The van der Waals surface area contributed by atoms with Gasteiger partial charge in [-0.05, 0) is 47.8 Å². The van der Waals surface area contributed by atoms with Crippen LogP contribution in [0, 0.1) is 12.8 Å². The fraction of sp³-hybridized carbons (Fsp3) is 0.600. The first-order valence-electron chi connectivity index (χ1n) is 7.13. The van der Waals surface area contributed by atoms with Gasteiger partial charge >= 0.3 is 6.64 Å². The zero-order valence-electron chi connectivity index (χ0n) is 12.8. The number of benzene rings is 1. The highest BCUT2D eigenvalue weighted by Gasteiger charge is 2.35. The van der Waals surface area contributed by atoms with Crippen molar-refractivity contribution < 1.29 is 9.05 Å². The van der Waals surface area contributed by atoms with E-state index in [1.807, 2.05) is 0 Å². The van der Waals surface area contributed by atoms with Crippen LogP contribution in [0.4, 0.5) is 0 Å². The maximum absolute atomic E-state index is 6.11. The minimum atomic E-state index is -2.41. The molecule has 1 aromatic rings. The predicted octanol–water partition coefficient (Wildman–Crippen LogP) is 4.37. The molecule has 2 rings (SSSR count). The lowest BCUT2D eigenvalue weighted by Crippen LogP contribution is -2.28. The number of aryl methyl sites for hydroxylation is 1. The molecule has 0 amide bonds. The van der Waals surface area contributed by atoms with Crippen molar-refractivity contribution in [3.63, 3.8) is 0 Å². The third-order valence-corrected chi connectivity index (χ3v) is 5.99. The summed E-state index contributed by atoms with van der Waals surface area (Å²) >= 11 is 5.59. The molecule has 0 radical (unpaired) electrons. The molecule has 1 fully saturated rings. The van der Waals surface area contributed by atoms with Crippen LogP contribution < -0.4 is 9.61 Å². The van der Waals surface area contributed by atoms with Crippen LogP contribution >= 0.6 is 6.64 Å². The molecule has 1 aliphatic rings. The average Bonchev–Trinajstić information content (AvgIpc) is 2.71. The summed E-state index contributed by atoms with van der Waals surface area (Å²) in [6, 6.07) is 6.56. The Bertz CT molecular complexity index is 531. The van der Waals surface area contributed by atoms with E-state index in [2.05, 4.69) is 57.9 Å². The van der Waals surface area contributed by atoms with Gasteiger partial charge in [-0.1, -0.05) is 39.8 Å². The van der Waals surface area contributed by atoms with Gasteiger partial charge in [-0.2, -0.15) is 0 Å². The van der Waals surface area contributed by atoms with Gasteiger partial charge in [0.2, 0.25) is 0 Å². The molecule has 0 aromatic heterocycles. The Morgan fingerprint density at radius 1 is 1.35 bits per heavy atom. The fourth-order valence-corrected chi connectivity index (χ4v) is 4.74. The molecule has 1 N–H and O–H groups in total. The van der Waals surface area contributed by atoms with E-state index in [0.717, 1.165) is 5.75 Å². The van der Waals surface area contributed by atoms with Gasteiger partial charge in [0.15, 0.2) is 0 Å². The molecule has 0 spiro atoms. The topological polar surface area (TPSA) is 30.5 Å². The Labute approximate surface area is 127 Å². The first-order valence-corrected chi connectivity index (χ1v) is 9.77. The quantitative estimate of drug-likeness (QED) is 0.836. The number of hydrogen-bond acceptors (Lipinski definition) is 3. The average molecular weight is 313 g/mol. The van der Waals surface area contributed by atoms with E-state index in [0.29, 0.717) is 18.4 Å². The first-order chi connectivity index (χ1) is 9.31. The molecule has 5 heteroatoms. The Morgan fingerprint density at radius 2 is 2.05 bits per heavy atom. The van der Waals surface area contributed by atoms with Gasteiger partial charge in [0, 0.05) is 6.04 Å². The largest absolute Gasteiger partial charge is 0.432 e. The van der Waals surface area contributed by atoms with Crippen LogP contribution in [0.15, 0.2) is 18.2 Å². The maximum Gasteiger partial charge on any atom is 0.313 e. The number of nitrogens with one attached hydrogen (secondary N) is 1. The zero-order chi connectivity index (χ0) is 14.9. The normalized spacial score (nSPS) is 26.4. The van der Waals surface area contributed by atoms with Crippen LogP contribution in [0.2, 0.25) is 0 Å². The van der Waals surface area contributed by atoms with Crippen LogP contribution in [-0.4, -0.2) is 12.6 Å². The second kappa shape index (κ2) is 6.15. The molecule has 2 atom stereocenters. The van der Waals surface area contributed by atoms with E-state index in [1.165, 1.54) is 11.1 Å². The highest BCUT2D eigenvalue weighted by atomic mass is 32.5. The minimum absolute atomic E-state index is 0.285. The van der Waals surface area contributed by atoms with E-state index in [1.54, 1.807) is 0 Å². The third kappa shape index (κ3) is 3.62. The van der Waals surface area contributed by atoms with Gasteiger partial charge in [0.05, 0.1) is 6.61 Å². The van der Waals surface area contributed by atoms with Crippen LogP contribution in [0.1, 0.15) is 44.7 Å². The van der Waals surface area contributed by atoms with Crippen LogP contribution in [0.3, 0.4) is 0 Å². The van der Waals surface area contributed by atoms with Crippen molar-refractivity contribution >= 4 is 18.4 Å². The standard InChI is InChI=1S/C15H24NO2PS/c1-10(2)13-7-6-12(5)8-15(13)18-19(20)16-14(9-17-19)11(3)4/h6-8,10-11,14H,9H2,1-5H3,(H,16,20)/t14-,19?/m1/s1. The summed E-state index contributed by atoms with van der Waals surface area (Å²) in [4.78, 5) is 0. The Kier molecular flexibility index (Phi) is 4.91. The third-order valence-electron chi connectivity index (χ3n) is 3.56. The van der Waals surface area contributed by atoms with E-state index >= 15 is 0 Å². The highest BCUT2D eigenvalue weighted by molar-refractivity contribution is 8.09. The van der Waals surface area contributed by atoms with E-state index in [4.69, 9.17) is 20.9 Å². The first kappa shape index (κ1) is 16.0. The molecular formula is C15H24NO2PS. The Morgan fingerprint density at radius 3 is 2.60 bits per heavy atom. The lowest BCUT2D eigenvalue weighted by Gasteiger charge is -2.21. The van der Waals surface area contributed by atoms with Crippen molar-refractivity contribution in [1.82, 2.24) is 5.09 Å². The van der Waals surface area contributed by atoms with Gasteiger partial charge in [0.25, 0.3) is 0 Å². The summed E-state index contributed by atoms with van der Waals surface area (Å²) in [6.45, 7) is 8.94. The molecule has 1 heterocycles. The second-order valence-corrected chi connectivity index (χ2v) is 9.20. The van der Waals surface area contributed by atoms with Gasteiger partial charge in [0.1, 0.15) is 5.75 Å². The fourth-order valence-electron chi connectivity index (χ4n) is 2.18. The Balaban J connectivity index is 2.22. The molecule has 3 nitrogen and oxygen atoms in total. The molecule has 0 bridgehead atoms. The molecule has 0 saturated carbocycles. The summed E-state index contributed by atoms with van der Waals surface area (Å²) in [5.74, 6) is 1.75. The van der Waals surface area contributed by atoms with Gasteiger partial charge in [-0.15, -0.1) is 0 Å². The molecule has 1 unspecified atom stereocenters. The number of rotatable bonds is 4. The number of hydrogen-bond donors (Lipinski definition) is 1. The van der Waals surface area contributed by atoms with Crippen LogP contribution in [-0.2, 0) is 16.3 Å². The molecule has 0 aliphatic carbocycles. The van der Waals surface area contributed by atoms with Crippen molar-refractivity contribution in [1.29, 1.82) is 0 Å². The smallest absolute Gasteiger partial charge is 0.313 e. The Hall–Kier alpha value is -0.410. The zero-order valence-corrected chi connectivity index (χ0v) is 14.6. The lowest BCUT2D eigenvalue weighted by atomic mass is 10.0. The van der Waals surface area contributed by atoms with Crippen molar-refractivity contribution in [2.45, 2.75) is 46.6 Å². The van der Waals surface area contributed by atoms with E-state index < -0.39 is 6.64 Å². The SMILES string of the molecule is Cc1ccc(C(C)C)c(OP2(=S)N[C@@H](C(C)C)CO2)c1. The van der Waals surface area contributed by atoms with Crippen molar-refractivity contribution in [2.24, 2.45) is 5.92 Å². The van der Waals surface area contributed by atoms with Gasteiger partial charge in [-0.25, -0.2) is 5.09 Å². The minimum Gasteiger partial charge on any atom is -0.432 e. The molecule has 112 valence electrons. The van der Waals surface area contributed by atoms with Crippen molar-refractivity contribution in [3.8, 4) is 5.75 Å². The lowest BCUT2D eigenvalue weighted by molar-refractivity contribution is 0.306. The monoisotopic (exact) mass is 313 g/mol. The second-order valence-electron chi connectivity index (χ2n) is 6.06. The molecule has 1 saturated heterocycles. The van der Waals surface area contributed by atoms with Crippen molar-refractivity contribution in [2.75, 3.05) is 6.61 Å². The molecule has 1 aliphatic heterocycles.